The van der Waals surface area contributed by atoms with Crippen LogP contribution in [-0.4, -0.2) is 84.3 Å². The van der Waals surface area contributed by atoms with E-state index in [-0.39, 0.29) is 68.7 Å². The Balaban J connectivity index is 1.47. The Kier molecular flexibility index (Phi) is 9.84. The highest BCUT2D eigenvalue weighted by molar-refractivity contribution is 7.50. The normalized spacial score (nSPS) is 19.0. The fourth-order valence-corrected chi connectivity index (χ4v) is 6.66. The maximum atomic E-state index is 14.1. The summed E-state index contributed by atoms with van der Waals surface area (Å²) in [7, 11) is -4.24. The second kappa shape index (κ2) is 13.8. The van der Waals surface area contributed by atoms with E-state index in [0.717, 1.165) is 16.7 Å². The summed E-state index contributed by atoms with van der Waals surface area (Å²) in [6, 6.07) is 21.9. The molecule has 3 N–H and O–H groups in total. The lowest BCUT2D eigenvalue weighted by Gasteiger charge is -2.55. The molecule has 2 aliphatic heterocycles. The van der Waals surface area contributed by atoms with Crippen LogP contribution in [0.1, 0.15) is 28.7 Å². The van der Waals surface area contributed by atoms with Gasteiger partial charge in [0.2, 0.25) is 17.7 Å². The smallest absolute Gasteiger partial charge is 0.329 e. The van der Waals surface area contributed by atoms with E-state index in [1.807, 2.05) is 30.3 Å². The summed E-state index contributed by atoms with van der Waals surface area (Å²) in [6.45, 7) is 4.26. The highest BCUT2D eigenvalue weighted by Crippen LogP contribution is 2.39. The standard InChI is InChI=1S/C33H37N4O7P/c1-2-18-35-22-32(40)36-29(19-25-12-15-28(38)16-13-25)33(41)34(20-26-8-10-27(11-9-26)23-45(42,43)44)21-30(36)37(35)31(39)17-14-24-6-4-3-5-7-24/h2-13,15-16,29-30,38H,1,14,17-23H2,(H2,42,43,44)/t29-,30-/m0/s1. The molecule has 12 heteroatoms. The van der Waals surface area contributed by atoms with Crippen LogP contribution in [0.15, 0.2) is 91.5 Å². The Hall–Kier alpha value is -4.28. The van der Waals surface area contributed by atoms with Gasteiger partial charge >= 0.3 is 7.60 Å². The third-order valence-electron chi connectivity index (χ3n) is 8.05. The van der Waals surface area contributed by atoms with Gasteiger partial charge in [-0.05, 0) is 40.8 Å². The molecule has 2 heterocycles. The van der Waals surface area contributed by atoms with Crippen molar-refractivity contribution in [3.63, 3.8) is 0 Å². The van der Waals surface area contributed by atoms with E-state index in [1.165, 1.54) is 17.0 Å². The van der Waals surface area contributed by atoms with Crippen molar-refractivity contribution in [2.75, 3.05) is 19.6 Å². The Labute approximate surface area is 262 Å². The molecule has 0 unspecified atom stereocenters. The van der Waals surface area contributed by atoms with Crippen LogP contribution in [0.4, 0.5) is 0 Å². The first-order valence-corrected chi connectivity index (χ1v) is 16.5. The zero-order valence-corrected chi connectivity index (χ0v) is 25.7. The summed E-state index contributed by atoms with van der Waals surface area (Å²) in [6.07, 6.45) is 1.39. The van der Waals surface area contributed by atoms with E-state index in [4.69, 9.17) is 0 Å². The van der Waals surface area contributed by atoms with Crippen LogP contribution in [0.3, 0.4) is 0 Å². The number of aryl methyl sites for hydroxylation is 1. The Morgan fingerprint density at radius 2 is 1.56 bits per heavy atom. The summed E-state index contributed by atoms with van der Waals surface area (Å²) >= 11 is 0. The maximum Gasteiger partial charge on any atom is 0.329 e. The number of benzene rings is 3. The number of hydrazine groups is 1. The average Bonchev–Trinajstić information content (AvgIpc) is 3.00. The number of rotatable bonds is 11. The van der Waals surface area contributed by atoms with Crippen molar-refractivity contribution in [1.29, 1.82) is 0 Å². The number of hydrogen-bond donors (Lipinski definition) is 3. The lowest BCUT2D eigenvalue weighted by Crippen LogP contribution is -2.75. The topological polar surface area (TPSA) is 142 Å². The highest BCUT2D eigenvalue weighted by Gasteiger charge is 2.50. The van der Waals surface area contributed by atoms with Gasteiger partial charge in [0.15, 0.2) is 0 Å². The molecule has 3 aromatic rings. The van der Waals surface area contributed by atoms with Gasteiger partial charge in [-0.15, -0.1) is 6.58 Å². The molecule has 5 rings (SSSR count). The van der Waals surface area contributed by atoms with Crippen LogP contribution in [0.5, 0.6) is 5.75 Å². The van der Waals surface area contributed by atoms with Gasteiger partial charge < -0.3 is 24.7 Å². The molecule has 0 spiro atoms. The molecule has 11 nitrogen and oxygen atoms in total. The monoisotopic (exact) mass is 632 g/mol. The zero-order chi connectivity index (χ0) is 32.1. The number of carbonyl (C=O) groups is 3. The molecule has 0 aliphatic carbocycles. The molecule has 45 heavy (non-hydrogen) atoms. The predicted octanol–water partition coefficient (Wildman–Crippen LogP) is 3.06. The lowest BCUT2D eigenvalue weighted by atomic mass is 9.98. The number of fused-ring (bicyclic) bond motifs is 1. The zero-order valence-electron chi connectivity index (χ0n) is 24.8. The molecule has 3 amide bonds. The van der Waals surface area contributed by atoms with Gasteiger partial charge in [-0.2, -0.15) is 0 Å². The van der Waals surface area contributed by atoms with Crippen LogP contribution in [-0.2, 0) is 44.5 Å². The van der Waals surface area contributed by atoms with Crippen molar-refractivity contribution < 1.29 is 33.8 Å². The molecule has 3 aromatic carbocycles. The summed E-state index contributed by atoms with van der Waals surface area (Å²) in [5.41, 5.74) is 2.97. The first-order chi connectivity index (χ1) is 21.5. The van der Waals surface area contributed by atoms with Gasteiger partial charge in [-0.1, -0.05) is 72.8 Å². The number of amides is 3. The molecule has 2 aliphatic rings. The van der Waals surface area contributed by atoms with Gasteiger partial charge in [0.05, 0.1) is 19.3 Å². The van der Waals surface area contributed by atoms with Crippen LogP contribution in [0, 0.1) is 0 Å². The van der Waals surface area contributed by atoms with Crippen molar-refractivity contribution in [2.45, 2.75) is 44.2 Å². The summed E-state index contributed by atoms with van der Waals surface area (Å²) < 4.78 is 11.4. The predicted molar refractivity (Wildman–Crippen MR) is 167 cm³/mol. The molecule has 2 saturated heterocycles. The van der Waals surface area contributed by atoms with Crippen LogP contribution in [0.2, 0.25) is 0 Å². The summed E-state index contributed by atoms with van der Waals surface area (Å²) in [4.78, 5) is 63.6. The van der Waals surface area contributed by atoms with Gasteiger partial charge in [0.1, 0.15) is 18.0 Å². The number of phenols is 1. The molecule has 2 atom stereocenters. The number of carbonyl (C=O) groups excluding carboxylic acids is 3. The first kappa shape index (κ1) is 32.1. The Morgan fingerprint density at radius 1 is 0.911 bits per heavy atom. The second-order valence-electron chi connectivity index (χ2n) is 11.4. The minimum absolute atomic E-state index is 0.0750. The SMILES string of the molecule is C=CCN1CC(=O)N2[C@@H](Cc3ccc(O)cc3)C(=O)N(Cc3ccc(CP(=O)(O)O)cc3)C[C@@H]2N1C(=O)CCc1ccccc1. The van der Waals surface area contributed by atoms with Gasteiger partial charge in [0, 0.05) is 25.9 Å². The number of piperazine rings is 1. The Morgan fingerprint density at radius 3 is 2.20 bits per heavy atom. The van der Waals surface area contributed by atoms with Crippen LogP contribution in [0.25, 0.3) is 0 Å². The number of phenolic OH excluding ortho intramolecular Hbond substituents is 1. The van der Waals surface area contributed by atoms with Crippen molar-refractivity contribution in [2.24, 2.45) is 0 Å². The van der Waals surface area contributed by atoms with E-state index < -0.39 is 19.8 Å². The second-order valence-corrected chi connectivity index (χ2v) is 13.0. The lowest BCUT2D eigenvalue weighted by molar-refractivity contribution is -0.205. The van der Waals surface area contributed by atoms with Crippen molar-refractivity contribution in [3.05, 3.63) is 114 Å². The molecule has 2 fully saturated rings. The minimum Gasteiger partial charge on any atom is -0.508 e. The van der Waals surface area contributed by atoms with Gasteiger partial charge in [-0.25, -0.2) is 10.0 Å². The van der Waals surface area contributed by atoms with E-state index in [0.29, 0.717) is 12.0 Å². The molecule has 0 saturated carbocycles. The largest absolute Gasteiger partial charge is 0.508 e. The fraction of sp³-hybridized carbons (Fsp3) is 0.303. The first-order valence-electron chi connectivity index (χ1n) is 14.7. The quantitative estimate of drug-likeness (QED) is 0.216. The molecule has 0 radical (unpaired) electrons. The fourth-order valence-electron chi connectivity index (χ4n) is 5.98. The third kappa shape index (κ3) is 7.87. The summed E-state index contributed by atoms with van der Waals surface area (Å²) in [5, 5.41) is 13.1. The van der Waals surface area contributed by atoms with E-state index in [1.54, 1.807) is 57.4 Å². The molecule has 0 aromatic heterocycles. The minimum atomic E-state index is -4.24. The van der Waals surface area contributed by atoms with Crippen molar-refractivity contribution in [3.8, 4) is 5.75 Å². The molecule has 236 valence electrons. The number of hydrogen-bond acceptors (Lipinski definition) is 6. The van der Waals surface area contributed by atoms with Crippen LogP contribution < -0.4 is 0 Å². The van der Waals surface area contributed by atoms with Gasteiger partial charge in [0.25, 0.3) is 0 Å². The Bertz CT molecular complexity index is 1580. The molecular weight excluding hydrogens is 595 g/mol. The van der Waals surface area contributed by atoms with Gasteiger partial charge in [-0.3, -0.25) is 18.9 Å². The van der Waals surface area contributed by atoms with E-state index in [2.05, 4.69) is 6.58 Å². The number of nitrogens with zero attached hydrogens (tertiary/aromatic N) is 4. The van der Waals surface area contributed by atoms with E-state index >= 15 is 0 Å². The molecule has 0 bridgehead atoms. The van der Waals surface area contributed by atoms with E-state index in [9.17, 15) is 33.8 Å². The van der Waals surface area contributed by atoms with Crippen LogP contribution >= 0.6 is 7.60 Å². The maximum absolute atomic E-state index is 14.1. The molecular formula is C33H37N4O7P. The number of aromatic hydroxyl groups is 1. The average molecular weight is 633 g/mol. The highest BCUT2D eigenvalue weighted by atomic mass is 31.2. The van der Waals surface area contributed by atoms with Crippen molar-refractivity contribution in [1.82, 2.24) is 19.8 Å². The summed E-state index contributed by atoms with van der Waals surface area (Å²) in [5.74, 6) is -0.643. The van der Waals surface area contributed by atoms with Crippen molar-refractivity contribution >= 4 is 25.3 Å². The third-order valence-corrected chi connectivity index (χ3v) is 8.82.